The van der Waals surface area contributed by atoms with E-state index in [0.717, 1.165) is 5.56 Å². The summed E-state index contributed by atoms with van der Waals surface area (Å²) < 4.78 is 10.6. The maximum absolute atomic E-state index is 13.0. The van der Waals surface area contributed by atoms with E-state index in [0.29, 0.717) is 48.7 Å². The van der Waals surface area contributed by atoms with Gasteiger partial charge in [0.15, 0.2) is 11.5 Å². The summed E-state index contributed by atoms with van der Waals surface area (Å²) in [6.45, 7) is 2.33. The number of urea groups is 1. The monoisotopic (exact) mass is 493 g/mol. The molecule has 0 radical (unpaired) electrons. The van der Waals surface area contributed by atoms with Gasteiger partial charge in [0.05, 0.1) is 25.9 Å². The number of benzene rings is 2. The van der Waals surface area contributed by atoms with Gasteiger partial charge in [0.1, 0.15) is 6.04 Å². The van der Waals surface area contributed by atoms with Gasteiger partial charge in [-0.15, -0.1) is 0 Å². The number of piperidine rings is 1. The van der Waals surface area contributed by atoms with Crippen molar-refractivity contribution >= 4 is 23.5 Å². The van der Waals surface area contributed by atoms with Gasteiger partial charge in [0.25, 0.3) is 0 Å². The highest BCUT2D eigenvalue weighted by Crippen LogP contribution is 2.28. The first kappa shape index (κ1) is 26.3. The lowest BCUT2D eigenvalue weighted by atomic mass is 10.0. The molecule has 0 bridgehead atoms. The van der Waals surface area contributed by atoms with Crippen molar-refractivity contribution in [2.45, 2.75) is 38.3 Å². The summed E-state index contributed by atoms with van der Waals surface area (Å²) in [5.74, 6) is 0.547. The fraction of sp³-hybridized carbons (Fsp3) is 0.385. The number of carbonyl (C=O) groups is 3. The van der Waals surface area contributed by atoms with Gasteiger partial charge in [-0.2, -0.15) is 5.26 Å². The molecular weight excluding hydrogens is 462 g/mol. The number of likely N-dealkylation sites (tertiary alicyclic amines) is 1. The highest BCUT2D eigenvalue weighted by molar-refractivity contribution is 5.89. The Morgan fingerprint density at radius 3 is 2.31 bits per heavy atom. The largest absolute Gasteiger partial charge is 0.493 e. The Balaban J connectivity index is 1.54. The fourth-order valence-corrected chi connectivity index (χ4v) is 4.06. The van der Waals surface area contributed by atoms with Crippen LogP contribution in [-0.2, 0) is 16.0 Å². The average Bonchev–Trinajstić information content (AvgIpc) is 2.88. The Hall–Kier alpha value is -4.26. The zero-order chi connectivity index (χ0) is 26.1. The minimum Gasteiger partial charge on any atom is -0.493 e. The molecule has 4 amide bonds. The van der Waals surface area contributed by atoms with Gasteiger partial charge < -0.3 is 30.3 Å². The number of methoxy groups -OCH3 is 2. The minimum absolute atomic E-state index is 0.113. The van der Waals surface area contributed by atoms with Crippen LogP contribution in [0.3, 0.4) is 0 Å². The van der Waals surface area contributed by atoms with Crippen molar-refractivity contribution in [1.82, 2.24) is 15.5 Å². The third-order valence-corrected chi connectivity index (χ3v) is 5.98. The molecule has 0 spiro atoms. The molecule has 2 aromatic carbocycles. The second kappa shape index (κ2) is 12.4. The standard InChI is InChI=1S/C26H31N5O5/c1-17(32)28-22(14-19-6-9-23(35-2)24(15-19)36-3)25(33)29-21-10-12-31(13-11-21)26(34)30-20-7-4-18(16-27)5-8-20/h4-9,15,21-22H,10-14H2,1-3H3,(H,28,32)(H,29,33)(H,30,34)/t22-/m0/s1. The molecule has 1 heterocycles. The molecular formula is C26H31N5O5. The first-order chi connectivity index (χ1) is 17.3. The van der Waals surface area contributed by atoms with Crippen LogP contribution in [0.25, 0.3) is 0 Å². The third-order valence-electron chi connectivity index (χ3n) is 5.98. The van der Waals surface area contributed by atoms with Crippen molar-refractivity contribution in [1.29, 1.82) is 5.26 Å². The van der Waals surface area contributed by atoms with Gasteiger partial charge >= 0.3 is 6.03 Å². The van der Waals surface area contributed by atoms with Crippen molar-refractivity contribution in [2.75, 3.05) is 32.6 Å². The number of nitrogens with zero attached hydrogens (tertiary/aromatic N) is 2. The summed E-state index contributed by atoms with van der Waals surface area (Å²) in [5.41, 5.74) is 1.95. The first-order valence-electron chi connectivity index (χ1n) is 11.7. The van der Waals surface area contributed by atoms with Crippen LogP contribution in [-0.4, -0.2) is 62.1 Å². The van der Waals surface area contributed by atoms with E-state index >= 15 is 0 Å². The highest BCUT2D eigenvalue weighted by atomic mass is 16.5. The van der Waals surface area contributed by atoms with Crippen LogP contribution in [0.5, 0.6) is 11.5 Å². The van der Waals surface area contributed by atoms with Crippen molar-refractivity contribution in [3.05, 3.63) is 53.6 Å². The molecule has 1 fully saturated rings. The van der Waals surface area contributed by atoms with Crippen LogP contribution in [0.2, 0.25) is 0 Å². The number of nitriles is 1. The van der Waals surface area contributed by atoms with E-state index in [-0.39, 0.29) is 30.3 Å². The topological polar surface area (TPSA) is 133 Å². The zero-order valence-corrected chi connectivity index (χ0v) is 20.7. The third kappa shape index (κ3) is 7.12. The highest BCUT2D eigenvalue weighted by Gasteiger charge is 2.27. The molecule has 1 saturated heterocycles. The molecule has 1 atom stereocenters. The predicted octanol–water partition coefficient (Wildman–Crippen LogP) is 2.44. The van der Waals surface area contributed by atoms with Gasteiger partial charge in [-0.25, -0.2) is 4.79 Å². The van der Waals surface area contributed by atoms with E-state index in [9.17, 15) is 14.4 Å². The van der Waals surface area contributed by atoms with E-state index in [2.05, 4.69) is 16.0 Å². The number of hydrogen-bond acceptors (Lipinski definition) is 6. The zero-order valence-electron chi connectivity index (χ0n) is 20.7. The summed E-state index contributed by atoms with van der Waals surface area (Å²) in [6, 6.07) is 13.0. The Labute approximate surface area is 210 Å². The molecule has 10 heteroatoms. The van der Waals surface area contributed by atoms with Gasteiger partial charge in [-0.05, 0) is 54.8 Å². The number of carbonyl (C=O) groups excluding carboxylic acids is 3. The quantitative estimate of drug-likeness (QED) is 0.517. The first-order valence-corrected chi connectivity index (χ1v) is 11.7. The van der Waals surface area contributed by atoms with Gasteiger partial charge in [-0.1, -0.05) is 6.07 Å². The minimum atomic E-state index is -0.752. The van der Waals surface area contributed by atoms with Crippen LogP contribution in [0.15, 0.2) is 42.5 Å². The Kier molecular flexibility index (Phi) is 9.11. The van der Waals surface area contributed by atoms with Crippen molar-refractivity contribution in [3.8, 4) is 17.6 Å². The molecule has 10 nitrogen and oxygen atoms in total. The summed E-state index contributed by atoms with van der Waals surface area (Å²) >= 11 is 0. The molecule has 0 aliphatic carbocycles. The molecule has 0 unspecified atom stereocenters. The lowest BCUT2D eigenvalue weighted by molar-refractivity contribution is -0.128. The molecule has 1 aliphatic heterocycles. The predicted molar refractivity (Wildman–Crippen MR) is 134 cm³/mol. The normalized spacial score (nSPS) is 14.2. The Morgan fingerprint density at radius 2 is 1.72 bits per heavy atom. The van der Waals surface area contributed by atoms with Gasteiger partial charge in [0.2, 0.25) is 11.8 Å². The lowest BCUT2D eigenvalue weighted by Gasteiger charge is -2.33. The summed E-state index contributed by atoms with van der Waals surface area (Å²) in [4.78, 5) is 39.1. The molecule has 190 valence electrons. The molecule has 0 saturated carbocycles. The summed E-state index contributed by atoms with van der Waals surface area (Å²) in [6.07, 6.45) is 1.48. The molecule has 36 heavy (non-hydrogen) atoms. The van der Waals surface area contributed by atoms with Gasteiger partial charge in [-0.3, -0.25) is 9.59 Å². The van der Waals surface area contributed by atoms with Crippen LogP contribution < -0.4 is 25.4 Å². The van der Waals surface area contributed by atoms with Crippen molar-refractivity contribution in [3.63, 3.8) is 0 Å². The van der Waals surface area contributed by atoms with Crippen LogP contribution in [0.1, 0.15) is 30.9 Å². The number of nitrogens with one attached hydrogen (secondary N) is 3. The number of hydrogen-bond donors (Lipinski definition) is 3. The molecule has 3 rings (SSSR count). The SMILES string of the molecule is COc1ccc(C[C@H](NC(C)=O)C(=O)NC2CCN(C(=O)Nc3ccc(C#N)cc3)CC2)cc1OC. The van der Waals surface area contributed by atoms with Crippen LogP contribution in [0, 0.1) is 11.3 Å². The van der Waals surface area contributed by atoms with Crippen molar-refractivity contribution < 1.29 is 23.9 Å². The number of amides is 4. The number of rotatable bonds is 8. The summed E-state index contributed by atoms with van der Waals surface area (Å²) in [5, 5.41) is 17.5. The molecule has 2 aromatic rings. The second-order valence-corrected chi connectivity index (χ2v) is 8.54. The molecule has 1 aliphatic rings. The van der Waals surface area contributed by atoms with E-state index in [4.69, 9.17) is 14.7 Å². The number of ether oxygens (including phenoxy) is 2. The lowest BCUT2D eigenvalue weighted by Crippen LogP contribution is -2.53. The van der Waals surface area contributed by atoms with E-state index in [1.807, 2.05) is 12.1 Å². The maximum atomic E-state index is 13.0. The van der Waals surface area contributed by atoms with Gasteiger partial charge in [0, 0.05) is 38.2 Å². The second-order valence-electron chi connectivity index (χ2n) is 8.54. The van der Waals surface area contributed by atoms with Crippen LogP contribution >= 0.6 is 0 Å². The van der Waals surface area contributed by atoms with E-state index < -0.39 is 6.04 Å². The Bertz CT molecular complexity index is 1120. The van der Waals surface area contributed by atoms with Crippen LogP contribution in [0.4, 0.5) is 10.5 Å². The Morgan fingerprint density at radius 1 is 1.06 bits per heavy atom. The average molecular weight is 494 g/mol. The number of anilines is 1. The molecule has 3 N–H and O–H groups in total. The van der Waals surface area contributed by atoms with E-state index in [1.165, 1.54) is 14.0 Å². The fourth-order valence-electron chi connectivity index (χ4n) is 4.06. The smallest absolute Gasteiger partial charge is 0.321 e. The molecule has 0 aromatic heterocycles. The van der Waals surface area contributed by atoms with E-state index in [1.54, 1.807) is 48.4 Å². The summed E-state index contributed by atoms with van der Waals surface area (Å²) in [7, 11) is 3.09. The maximum Gasteiger partial charge on any atom is 0.321 e. The van der Waals surface area contributed by atoms with Crippen molar-refractivity contribution in [2.24, 2.45) is 0 Å².